The molecule has 2 aliphatic heterocycles. The molecule has 3 fully saturated rings. The highest BCUT2D eigenvalue weighted by Gasteiger charge is 2.53. The van der Waals surface area contributed by atoms with Gasteiger partial charge in [0.1, 0.15) is 17.2 Å². The molecule has 1 aliphatic carbocycles. The second-order valence-electron chi connectivity index (χ2n) is 13.3. The highest BCUT2D eigenvalue weighted by atomic mass is 35.5. The summed E-state index contributed by atoms with van der Waals surface area (Å²) in [4.78, 5) is 15.4. The minimum absolute atomic E-state index is 0.146. The molecule has 0 spiro atoms. The fourth-order valence-corrected chi connectivity index (χ4v) is 8.77. The van der Waals surface area contributed by atoms with E-state index < -0.39 is 33.5 Å². The Labute approximate surface area is 289 Å². The number of sulfonamides is 1. The molecule has 3 N–H and O–H groups in total. The summed E-state index contributed by atoms with van der Waals surface area (Å²) < 4.78 is 75.0. The number of ether oxygens (including phenoxy) is 2. The molecule has 2 bridgehead atoms. The number of carbonyl (C=O) groups is 1. The van der Waals surface area contributed by atoms with E-state index in [9.17, 15) is 13.2 Å². The number of carbonyl (C=O) groups excluding carboxylic acids is 1. The first kappa shape index (κ1) is 33.7. The normalized spacial score (nSPS) is 22.0. The van der Waals surface area contributed by atoms with E-state index in [4.69, 9.17) is 26.8 Å². The van der Waals surface area contributed by atoms with Crippen molar-refractivity contribution >= 4 is 38.3 Å². The Morgan fingerprint density at radius 3 is 2.06 bits per heavy atom. The Balaban J connectivity index is 1.17. The Bertz CT molecular complexity index is 1920. The average molecular weight is 710 g/mol. The Kier molecular flexibility index (Phi) is 9.29. The van der Waals surface area contributed by atoms with Gasteiger partial charge >= 0.3 is 0 Å². The van der Waals surface area contributed by atoms with Crippen LogP contribution in [0.2, 0.25) is 5.02 Å². The number of piperidine rings is 1. The zero-order chi connectivity index (χ0) is 34.3. The molecule has 258 valence electrons. The number of nitrogens with two attached hydrogens (primary N) is 1. The van der Waals surface area contributed by atoms with Crippen LogP contribution in [0.15, 0.2) is 89.8 Å². The number of benzene rings is 4. The molecule has 3 aliphatic rings. The molecule has 49 heavy (non-hydrogen) atoms. The highest BCUT2D eigenvalue weighted by Crippen LogP contribution is 2.40. The van der Waals surface area contributed by atoms with Crippen LogP contribution in [0.25, 0.3) is 10.8 Å². The lowest BCUT2D eigenvalue weighted by atomic mass is 9.94. The lowest BCUT2D eigenvalue weighted by molar-refractivity contribution is -0.149. The molecule has 4 aromatic carbocycles. The van der Waals surface area contributed by atoms with Crippen molar-refractivity contribution in [3.63, 3.8) is 0 Å². The largest absolute Gasteiger partial charge is 0.490 e. The van der Waals surface area contributed by atoms with E-state index >= 15 is 8.78 Å². The Morgan fingerprint density at radius 1 is 0.837 bits per heavy atom. The summed E-state index contributed by atoms with van der Waals surface area (Å²) >= 11 is 5.94. The van der Waals surface area contributed by atoms with Crippen molar-refractivity contribution in [1.82, 2.24) is 9.62 Å². The summed E-state index contributed by atoms with van der Waals surface area (Å²) in [7, 11) is -4.60. The van der Waals surface area contributed by atoms with Gasteiger partial charge in [-0.05, 0) is 135 Å². The zero-order valence-electron chi connectivity index (χ0n) is 26.7. The van der Waals surface area contributed by atoms with Gasteiger partial charge in [-0.15, -0.1) is 0 Å². The molecule has 12 heteroatoms. The van der Waals surface area contributed by atoms with Gasteiger partial charge in [-0.25, -0.2) is 8.42 Å². The van der Waals surface area contributed by atoms with Crippen LogP contribution in [0.4, 0.5) is 8.78 Å². The van der Waals surface area contributed by atoms with Crippen LogP contribution in [0.1, 0.15) is 56.9 Å². The molecule has 0 radical (unpaired) electrons. The lowest BCUT2D eigenvalue weighted by Crippen LogP contribution is -2.60. The molecule has 7 rings (SSSR count). The maximum atomic E-state index is 16.6. The first-order valence-electron chi connectivity index (χ1n) is 16.7. The average Bonchev–Trinajstić information content (AvgIpc) is 3.69. The number of rotatable bonds is 10. The van der Waals surface area contributed by atoms with Crippen LogP contribution in [-0.4, -0.2) is 49.5 Å². The molecule has 2 heterocycles. The fourth-order valence-electron chi connectivity index (χ4n) is 7.42. The number of hydrogen-bond donors (Lipinski definition) is 2. The number of nitrogens with one attached hydrogen (secondary N) is 1. The quantitative estimate of drug-likeness (QED) is 0.176. The SMILES string of the molecule is NC1CC2CCC(C1)N2C(=O)C(NS(=O)(=O)c1ccc2cc(OC3CCCC3)ccc2c1)C(F)(F)c1ccc(Oc2ccc(Cl)cc2)cc1. The van der Waals surface area contributed by atoms with E-state index in [0.29, 0.717) is 47.6 Å². The molecule has 3 atom stereocenters. The third-order valence-electron chi connectivity index (χ3n) is 9.89. The van der Waals surface area contributed by atoms with Crippen LogP contribution in [0.3, 0.4) is 0 Å². The smallest absolute Gasteiger partial charge is 0.298 e. The summed E-state index contributed by atoms with van der Waals surface area (Å²) in [5, 5.41) is 1.86. The van der Waals surface area contributed by atoms with Gasteiger partial charge in [0.2, 0.25) is 15.9 Å². The molecule has 0 aromatic heterocycles. The van der Waals surface area contributed by atoms with Crippen molar-refractivity contribution in [3.05, 3.63) is 95.5 Å². The van der Waals surface area contributed by atoms with Gasteiger partial charge in [0.25, 0.3) is 5.92 Å². The topological polar surface area (TPSA) is 111 Å². The van der Waals surface area contributed by atoms with Gasteiger partial charge in [-0.1, -0.05) is 23.7 Å². The number of halogens is 3. The van der Waals surface area contributed by atoms with Gasteiger partial charge in [0.05, 0.1) is 11.0 Å². The van der Waals surface area contributed by atoms with E-state index in [0.717, 1.165) is 43.2 Å². The standard InChI is InChI=1S/C37H38ClF2N3O5S/c38-26-9-16-32(17-10-26)47-31-14-7-25(8-15-31)37(39,40)35(36(44)43-28-11-12-29(43)22-27(41)21-28)42-49(45,46)34-18-6-23-19-33(13-5-24(23)20-34)48-30-3-1-2-4-30/h5-10,13-20,27-30,35,42H,1-4,11-12,21-22,41H2. The van der Waals surface area contributed by atoms with E-state index in [-0.39, 0.29) is 34.9 Å². The van der Waals surface area contributed by atoms with Crippen LogP contribution in [0, 0.1) is 0 Å². The predicted octanol–water partition coefficient (Wildman–Crippen LogP) is 7.53. The number of alkyl halides is 2. The summed E-state index contributed by atoms with van der Waals surface area (Å²) in [6, 6.07) is 18.1. The second kappa shape index (κ2) is 13.5. The molecule has 8 nitrogen and oxygen atoms in total. The zero-order valence-corrected chi connectivity index (χ0v) is 28.3. The summed E-state index contributed by atoms with van der Waals surface area (Å²) in [5.41, 5.74) is 5.66. The second-order valence-corrected chi connectivity index (χ2v) is 15.5. The van der Waals surface area contributed by atoms with Gasteiger partial charge in [0, 0.05) is 28.7 Å². The number of nitrogens with zero attached hydrogens (tertiary/aromatic N) is 1. The van der Waals surface area contributed by atoms with Crippen molar-refractivity contribution in [2.45, 2.75) is 92.5 Å². The monoisotopic (exact) mass is 709 g/mol. The third-order valence-corrected chi connectivity index (χ3v) is 11.6. The van der Waals surface area contributed by atoms with E-state index in [1.807, 2.05) is 6.07 Å². The van der Waals surface area contributed by atoms with Gasteiger partial charge in [0.15, 0.2) is 6.04 Å². The molecular weight excluding hydrogens is 672 g/mol. The summed E-state index contributed by atoms with van der Waals surface area (Å²) in [6.07, 6.45) is 6.62. The van der Waals surface area contributed by atoms with Crippen LogP contribution < -0.4 is 19.9 Å². The maximum Gasteiger partial charge on any atom is 0.298 e. The van der Waals surface area contributed by atoms with Crippen molar-refractivity contribution < 1.29 is 31.5 Å². The molecule has 3 unspecified atom stereocenters. The van der Waals surface area contributed by atoms with Crippen LogP contribution in [-0.2, 0) is 20.7 Å². The number of fused-ring (bicyclic) bond motifs is 3. The van der Waals surface area contributed by atoms with E-state index in [1.165, 1.54) is 29.2 Å². The highest BCUT2D eigenvalue weighted by molar-refractivity contribution is 7.89. The first-order chi connectivity index (χ1) is 23.5. The third kappa shape index (κ3) is 7.12. The molecule has 4 aromatic rings. The van der Waals surface area contributed by atoms with Crippen molar-refractivity contribution in [1.29, 1.82) is 0 Å². The van der Waals surface area contributed by atoms with Crippen LogP contribution >= 0.6 is 11.6 Å². The minimum atomic E-state index is -4.60. The van der Waals surface area contributed by atoms with Gasteiger partial charge < -0.3 is 20.1 Å². The number of hydrogen-bond acceptors (Lipinski definition) is 6. The van der Waals surface area contributed by atoms with E-state index in [2.05, 4.69) is 4.72 Å². The molecule has 1 saturated carbocycles. The Hall–Kier alpha value is -3.77. The van der Waals surface area contributed by atoms with E-state index in [1.54, 1.807) is 42.5 Å². The fraction of sp³-hybridized carbons (Fsp3) is 0.378. The van der Waals surface area contributed by atoms with Crippen molar-refractivity contribution in [2.75, 3.05) is 0 Å². The summed E-state index contributed by atoms with van der Waals surface area (Å²) in [5.74, 6) is -3.47. The maximum absolute atomic E-state index is 16.6. The van der Waals surface area contributed by atoms with Crippen molar-refractivity contribution in [2.24, 2.45) is 5.73 Å². The van der Waals surface area contributed by atoms with Crippen molar-refractivity contribution in [3.8, 4) is 17.2 Å². The summed E-state index contributed by atoms with van der Waals surface area (Å²) in [6.45, 7) is 0. The molecule has 2 saturated heterocycles. The predicted molar refractivity (Wildman–Crippen MR) is 184 cm³/mol. The first-order valence-corrected chi connectivity index (χ1v) is 18.5. The number of amides is 1. The Morgan fingerprint density at radius 2 is 1.41 bits per heavy atom. The van der Waals surface area contributed by atoms with Gasteiger partial charge in [-0.3, -0.25) is 4.79 Å². The minimum Gasteiger partial charge on any atom is -0.490 e. The lowest BCUT2D eigenvalue weighted by Gasteiger charge is -2.41. The van der Waals surface area contributed by atoms with Gasteiger partial charge in [-0.2, -0.15) is 13.5 Å². The van der Waals surface area contributed by atoms with Crippen LogP contribution in [0.5, 0.6) is 17.2 Å². The molecule has 1 amide bonds. The molecular formula is C37H38ClF2N3O5S.